The number of carbonyl (C=O) groups is 1. The molecule has 7 heteroatoms. The fourth-order valence-electron chi connectivity index (χ4n) is 1.90. The van der Waals surface area contributed by atoms with Crippen LogP contribution in [0.25, 0.3) is 0 Å². The minimum absolute atomic E-state index is 0.0896. The molecule has 114 valence electrons. The van der Waals surface area contributed by atoms with Crippen molar-refractivity contribution in [3.05, 3.63) is 54.1 Å². The number of ether oxygens (including phenoxy) is 3. The van der Waals surface area contributed by atoms with Gasteiger partial charge in [-0.05, 0) is 17.7 Å². The molecule has 3 rings (SSSR count). The van der Waals surface area contributed by atoms with Crippen LogP contribution in [0.15, 0.2) is 48.5 Å². The molecule has 0 fully saturated rings. The molecule has 1 aliphatic heterocycles. The van der Waals surface area contributed by atoms with Gasteiger partial charge in [-0.2, -0.15) is 0 Å². The molecule has 1 N–H and O–H groups in total. The van der Waals surface area contributed by atoms with Gasteiger partial charge >= 0.3 is 12.4 Å². The topological polar surface area (TPSA) is 56.8 Å². The monoisotopic (exact) mass is 307 g/mol. The Kier molecular flexibility index (Phi) is 3.54. The van der Waals surface area contributed by atoms with E-state index in [1.807, 2.05) is 30.3 Å². The summed E-state index contributed by atoms with van der Waals surface area (Å²) in [5.74, 6) is -0.237. The van der Waals surface area contributed by atoms with E-state index in [4.69, 9.17) is 4.74 Å². The summed E-state index contributed by atoms with van der Waals surface area (Å²) in [7, 11) is 0. The second-order valence-electron chi connectivity index (χ2n) is 4.52. The lowest BCUT2D eigenvalue weighted by Crippen LogP contribution is -2.25. The summed E-state index contributed by atoms with van der Waals surface area (Å²) in [6.07, 6.45) is -4.39. The van der Waals surface area contributed by atoms with Gasteiger partial charge < -0.3 is 14.2 Å². The molecule has 0 atom stereocenters. The Morgan fingerprint density at radius 2 is 1.82 bits per heavy atom. The summed E-state index contributed by atoms with van der Waals surface area (Å²) in [6.45, 7) is 0.106. The van der Waals surface area contributed by atoms with Crippen molar-refractivity contribution in [1.29, 1.82) is 0 Å². The normalized spacial score (nSPS) is 14.5. The summed E-state index contributed by atoms with van der Waals surface area (Å²) in [5, 5.41) is 2.43. The molecule has 0 spiro atoms. The minimum Gasteiger partial charge on any atom is -0.444 e. The number of anilines is 1. The zero-order valence-electron chi connectivity index (χ0n) is 11.2. The second kappa shape index (κ2) is 5.51. The molecule has 0 aliphatic carbocycles. The molecule has 1 heterocycles. The predicted octanol–water partition coefficient (Wildman–Crippen LogP) is 3.76. The number of fused-ring (bicyclic) bond motifs is 1. The first-order chi connectivity index (χ1) is 10.5. The standard InChI is InChI=1S/C15H11F2NO4/c16-15(17)21-12-7-6-11(8-13(12)22-15)18-14(19)20-9-10-4-2-1-3-5-10/h1-8H,9H2,(H,18,19). The number of amides is 1. The number of alkyl halides is 2. The quantitative estimate of drug-likeness (QED) is 0.938. The van der Waals surface area contributed by atoms with Crippen LogP contribution in [0.4, 0.5) is 19.3 Å². The van der Waals surface area contributed by atoms with Crippen LogP contribution in [-0.4, -0.2) is 12.4 Å². The summed E-state index contributed by atoms with van der Waals surface area (Å²) in [4.78, 5) is 11.7. The maximum Gasteiger partial charge on any atom is 0.586 e. The van der Waals surface area contributed by atoms with Crippen LogP contribution in [0.1, 0.15) is 5.56 Å². The number of hydrogen-bond acceptors (Lipinski definition) is 4. The fraction of sp³-hybridized carbons (Fsp3) is 0.133. The lowest BCUT2D eigenvalue weighted by molar-refractivity contribution is -0.286. The van der Waals surface area contributed by atoms with E-state index in [2.05, 4.69) is 14.8 Å². The molecule has 0 saturated carbocycles. The number of rotatable bonds is 3. The molecular weight excluding hydrogens is 296 g/mol. The van der Waals surface area contributed by atoms with Crippen LogP contribution in [0.3, 0.4) is 0 Å². The summed E-state index contributed by atoms with van der Waals surface area (Å²) < 4.78 is 39.3. The SMILES string of the molecule is O=C(Nc1ccc2c(c1)OC(F)(F)O2)OCc1ccccc1. The summed E-state index contributed by atoms with van der Waals surface area (Å²) in [6, 6.07) is 13.1. The highest BCUT2D eigenvalue weighted by molar-refractivity contribution is 5.85. The van der Waals surface area contributed by atoms with Crippen molar-refractivity contribution in [3.63, 3.8) is 0 Å². The van der Waals surface area contributed by atoms with E-state index in [-0.39, 0.29) is 23.8 Å². The molecule has 0 saturated heterocycles. The van der Waals surface area contributed by atoms with Crippen LogP contribution >= 0.6 is 0 Å². The van der Waals surface area contributed by atoms with Gasteiger partial charge in [0, 0.05) is 11.8 Å². The van der Waals surface area contributed by atoms with Crippen molar-refractivity contribution >= 4 is 11.8 Å². The van der Waals surface area contributed by atoms with Crippen molar-refractivity contribution in [2.24, 2.45) is 0 Å². The van der Waals surface area contributed by atoms with Gasteiger partial charge in [0.2, 0.25) is 0 Å². The maximum atomic E-state index is 12.9. The van der Waals surface area contributed by atoms with Gasteiger partial charge in [-0.15, -0.1) is 8.78 Å². The molecule has 2 aromatic rings. The molecule has 1 amide bonds. The number of benzene rings is 2. The Hall–Kier alpha value is -2.83. The third kappa shape index (κ3) is 3.25. The van der Waals surface area contributed by atoms with Gasteiger partial charge in [0.15, 0.2) is 11.5 Å². The first-order valence-electron chi connectivity index (χ1n) is 6.39. The Morgan fingerprint density at radius 3 is 2.59 bits per heavy atom. The summed E-state index contributed by atoms with van der Waals surface area (Å²) >= 11 is 0. The van der Waals surface area contributed by atoms with Crippen molar-refractivity contribution in [3.8, 4) is 11.5 Å². The van der Waals surface area contributed by atoms with Gasteiger partial charge in [0.05, 0.1) is 0 Å². The van der Waals surface area contributed by atoms with E-state index in [9.17, 15) is 13.6 Å². The van der Waals surface area contributed by atoms with Crippen LogP contribution in [0, 0.1) is 0 Å². The van der Waals surface area contributed by atoms with E-state index in [0.717, 1.165) is 5.56 Å². The molecular formula is C15H11F2NO4. The molecule has 0 bridgehead atoms. The van der Waals surface area contributed by atoms with Gasteiger partial charge in [-0.3, -0.25) is 5.32 Å². The molecule has 0 radical (unpaired) electrons. The van der Waals surface area contributed by atoms with E-state index < -0.39 is 12.4 Å². The number of carbonyl (C=O) groups excluding carboxylic acids is 1. The molecule has 1 aliphatic rings. The highest BCUT2D eigenvalue weighted by Crippen LogP contribution is 2.42. The first-order valence-corrected chi connectivity index (χ1v) is 6.39. The molecule has 0 unspecified atom stereocenters. The van der Waals surface area contributed by atoms with Crippen molar-refractivity contribution in [2.75, 3.05) is 5.32 Å². The van der Waals surface area contributed by atoms with Gasteiger partial charge in [0.1, 0.15) is 6.61 Å². The number of halogens is 2. The van der Waals surface area contributed by atoms with E-state index in [1.165, 1.54) is 18.2 Å². The Labute approximate surface area is 124 Å². The molecule has 2 aromatic carbocycles. The average Bonchev–Trinajstić information content (AvgIpc) is 2.79. The zero-order chi connectivity index (χ0) is 15.6. The maximum absolute atomic E-state index is 12.9. The smallest absolute Gasteiger partial charge is 0.444 e. The van der Waals surface area contributed by atoms with Crippen molar-refractivity contribution in [2.45, 2.75) is 12.9 Å². The summed E-state index contributed by atoms with van der Waals surface area (Å²) in [5.41, 5.74) is 1.10. The molecule has 22 heavy (non-hydrogen) atoms. The third-order valence-corrected chi connectivity index (χ3v) is 2.86. The number of hydrogen-bond donors (Lipinski definition) is 1. The van der Waals surface area contributed by atoms with Crippen LogP contribution in [0.5, 0.6) is 11.5 Å². The zero-order valence-corrected chi connectivity index (χ0v) is 11.2. The molecule has 5 nitrogen and oxygen atoms in total. The fourth-order valence-corrected chi connectivity index (χ4v) is 1.90. The van der Waals surface area contributed by atoms with Crippen LogP contribution < -0.4 is 14.8 Å². The largest absolute Gasteiger partial charge is 0.586 e. The second-order valence-corrected chi connectivity index (χ2v) is 4.52. The highest BCUT2D eigenvalue weighted by Gasteiger charge is 2.43. The average molecular weight is 307 g/mol. The van der Waals surface area contributed by atoms with Gasteiger partial charge in [-0.1, -0.05) is 30.3 Å². The Balaban J connectivity index is 1.59. The third-order valence-electron chi connectivity index (χ3n) is 2.86. The van der Waals surface area contributed by atoms with E-state index in [0.29, 0.717) is 0 Å². The van der Waals surface area contributed by atoms with Crippen LogP contribution in [-0.2, 0) is 11.3 Å². The molecule has 0 aromatic heterocycles. The minimum atomic E-state index is -3.69. The van der Waals surface area contributed by atoms with Crippen molar-refractivity contribution in [1.82, 2.24) is 0 Å². The van der Waals surface area contributed by atoms with E-state index >= 15 is 0 Å². The lowest BCUT2D eigenvalue weighted by atomic mass is 10.2. The van der Waals surface area contributed by atoms with E-state index in [1.54, 1.807) is 0 Å². The lowest BCUT2D eigenvalue weighted by Gasteiger charge is -2.07. The van der Waals surface area contributed by atoms with Crippen LogP contribution in [0.2, 0.25) is 0 Å². The van der Waals surface area contributed by atoms with Gasteiger partial charge in [0.25, 0.3) is 0 Å². The first kappa shape index (κ1) is 14.1. The predicted molar refractivity (Wildman–Crippen MR) is 72.9 cm³/mol. The Morgan fingerprint density at radius 1 is 1.09 bits per heavy atom. The number of nitrogens with one attached hydrogen (secondary N) is 1. The van der Waals surface area contributed by atoms with Crippen molar-refractivity contribution < 1.29 is 27.8 Å². The highest BCUT2D eigenvalue weighted by atomic mass is 19.3. The Bertz CT molecular complexity index is 691. The van der Waals surface area contributed by atoms with Gasteiger partial charge in [-0.25, -0.2) is 4.79 Å².